The molecule has 1 aliphatic carbocycles. The number of hydrogen-bond donors (Lipinski definition) is 0. The fourth-order valence-electron chi connectivity index (χ4n) is 2.82. The molecule has 0 saturated heterocycles. The Morgan fingerprint density at radius 3 is 1.59 bits per heavy atom. The van der Waals surface area contributed by atoms with Crippen molar-refractivity contribution in [2.45, 2.75) is 81.6 Å². The van der Waals surface area contributed by atoms with E-state index in [0.717, 1.165) is 29.6 Å². The Balaban J connectivity index is 0. The predicted octanol–water partition coefficient (Wildman–Crippen LogP) is 6.40. The molecule has 0 aliphatic heterocycles. The van der Waals surface area contributed by atoms with Crippen LogP contribution < -0.4 is 0 Å². The molecule has 17 heavy (non-hydrogen) atoms. The van der Waals surface area contributed by atoms with Gasteiger partial charge in [0.25, 0.3) is 0 Å². The van der Waals surface area contributed by atoms with Crippen LogP contribution in [0.4, 0.5) is 0 Å². The highest BCUT2D eigenvalue weighted by atomic mass is 14.4. The van der Waals surface area contributed by atoms with Crippen LogP contribution in [0.5, 0.6) is 0 Å². The van der Waals surface area contributed by atoms with Gasteiger partial charge in [0.15, 0.2) is 0 Å². The Labute approximate surface area is 112 Å². The molecular formula is C17H38. The summed E-state index contributed by atoms with van der Waals surface area (Å²) in [6.45, 7) is 20.0. The van der Waals surface area contributed by atoms with Crippen LogP contribution in [-0.2, 0) is 0 Å². The van der Waals surface area contributed by atoms with Crippen molar-refractivity contribution in [1.82, 2.24) is 0 Å². The summed E-state index contributed by atoms with van der Waals surface area (Å²) in [6, 6.07) is 0. The Morgan fingerprint density at radius 2 is 1.29 bits per heavy atom. The van der Waals surface area contributed by atoms with Gasteiger partial charge >= 0.3 is 0 Å². The van der Waals surface area contributed by atoms with E-state index in [1.165, 1.54) is 19.3 Å². The Kier molecular flexibility index (Phi) is 12.6. The van der Waals surface area contributed by atoms with Gasteiger partial charge in [-0.2, -0.15) is 0 Å². The lowest BCUT2D eigenvalue weighted by Gasteiger charge is -2.40. The predicted molar refractivity (Wildman–Crippen MR) is 82.4 cm³/mol. The number of rotatable bonds is 4. The lowest BCUT2D eigenvalue weighted by molar-refractivity contribution is 0.103. The molecule has 1 aliphatic rings. The average Bonchev–Trinajstić information content (AvgIpc) is 2.28. The van der Waals surface area contributed by atoms with Gasteiger partial charge in [0, 0.05) is 0 Å². The van der Waals surface area contributed by atoms with Crippen molar-refractivity contribution in [2.24, 2.45) is 29.6 Å². The van der Waals surface area contributed by atoms with Crippen LogP contribution in [0.2, 0.25) is 0 Å². The first kappa shape index (κ1) is 19.3. The first-order chi connectivity index (χ1) is 8.00. The lowest BCUT2D eigenvalue weighted by Crippen LogP contribution is -2.30. The van der Waals surface area contributed by atoms with E-state index in [4.69, 9.17) is 0 Å². The Hall–Kier alpha value is 0. The van der Waals surface area contributed by atoms with Gasteiger partial charge in [-0.3, -0.25) is 0 Å². The maximum Gasteiger partial charge on any atom is -0.0381 e. The molecule has 0 heteroatoms. The van der Waals surface area contributed by atoms with Gasteiger partial charge in [-0.05, 0) is 48.9 Å². The minimum Gasteiger partial charge on any atom is -0.0683 e. The van der Waals surface area contributed by atoms with E-state index in [0.29, 0.717) is 0 Å². The van der Waals surface area contributed by atoms with Crippen molar-refractivity contribution in [3.05, 3.63) is 0 Å². The minimum atomic E-state index is 0.870. The van der Waals surface area contributed by atoms with Crippen molar-refractivity contribution in [1.29, 1.82) is 0 Å². The molecule has 0 N–H and O–H groups in total. The Morgan fingerprint density at radius 1 is 0.882 bits per heavy atom. The second kappa shape index (κ2) is 11.1. The normalized spacial score (nSPS) is 25.8. The SMILES string of the molecule is CC.CC.CC(C)CC(C)C(C)C1CC(C)C1. The largest absolute Gasteiger partial charge is 0.0683 e. The summed E-state index contributed by atoms with van der Waals surface area (Å²) >= 11 is 0. The van der Waals surface area contributed by atoms with Crippen molar-refractivity contribution < 1.29 is 0 Å². The summed E-state index contributed by atoms with van der Waals surface area (Å²) < 4.78 is 0. The van der Waals surface area contributed by atoms with Crippen molar-refractivity contribution in [2.75, 3.05) is 0 Å². The first-order valence-corrected chi connectivity index (χ1v) is 8.00. The highest BCUT2D eigenvalue weighted by Crippen LogP contribution is 2.42. The molecule has 1 fully saturated rings. The molecule has 2 atom stereocenters. The molecule has 1 saturated carbocycles. The minimum absolute atomic E-state index is 0.870. The Bertz CT molecular complexity index is 142. The smallest absolute Gasteiger partial charge is 0.0381 e. The van der Waals surface area contributed by atoms with Gasteiger partial charge in [0.1, 0.15) is 0 Å². The molecule has 0 aromatic heterocycles. The zero-order valence-electron chi connectivity index (χ0n) is 14.0. The van der Waals surface area contributed by atoms with Crippen molar-refractivity contribution >= 4 is 0 Å². The fraction of sp³-hybridized carbons (Fsp3) is 1.00. The summed E-state index contributed by atoms with van der Waals surface area (Å²) in [6.07, 6.45) is 4.39. The zero-order chi connectivity index (χ0) is 14.0. The maximum atomic E-state index is 2.46. The van der Waals surface area contributed by atoms with Crippen molar-refractivity contribution in [3.8, 4) is 0 Å². The third-order valence-corrected chi connectivity index (χ3v) is 3.89. The summed E-state index contributed by atoms with van der Waals surface area (Å²) in [7, 11) is 0. The molecule has 0 amide bonds. The van der Waals surface area contributed by atoms with E-state index < -0.39 is 0 Å². The molecule has 0 radical (unpaired) electrons. The van der Waals surface area contributed by atoms with Gasteiger partial charge in [-0.25, -0.2) is 0 Å². The van der Waals surface area contributed by atoms with Crippen molar-refractivity contribution in [3.63, 3.8) is 0 Å². The van der Waals surface area contributed by atoms with Crippen LogP contribution in [0.15, 0.2) is 0 Å². The molecule has 0 bridgehead atoms. The van der Waals surface area contributed by atoms with Gasteiger partial charge in [0.2, 0.25) is 0 Å². The lowest BCUT2D eigenvalue weighted by atomic mass is 9.66. The maximum absolute atomic E-state index is 2.46. The monoisotopic (exact) mass is 242 g/mol. The molecule has 1 rings (SSSR count). The molecule has 0 heterocycles. The quantitative estimate of drug-likeness (QED) is 0.535. The molecule has 2 unspecified atom stereocenters. The summed E-state index contributed by atoms with van der Waals surface area (Å²) in [5, 5.41) is 0. The highest BCUT2D eigenvalue weighted by Gasteiger charge is 2.32. The standard InChI is InChI=1S/C13H26.2C2H6/c1-9(2)6-11(4)12(5)13-7-10(3)8-13;2*1-2/h9-13H,6-8H2,1-5H3;2*1-2H3. The van der Waals surface area contributed by atoms with Crippen LogP contribution in [0, 0.1) is 29.6 Å². The molecule has 106 valence electrons. The van der Waals surface area contributed by atoms with Crippen LogP contribution >= 0.6 is 0 Å². The molecular weight excluding hydrogens is 204 g/mol. The van der Waals surface area contributed by atoms with E-state index in [1.54, 1.807) is 0 Å². The zero-order valence-corrected chi connectivity index (χ0v) is 14.0. The van der Waals surface area contributed by atoms with Gasteiger partial charge in [-0.15, -0.1) is 0 Å². The summed E-state index contributed by atoms with van der Waals surface area (Å²) in [5.74, 6) is 4.81. The second-order valence-corrected chi connectivity index (χ2v) is 5.80. The topological polar surface area (TPSA) is 0 Å². The average molecular weight is 242 g/mol. The van der Waals surface area contributed by atoms with Crippen LogP contribution in [-0.4, -0.2) is 0 Å². The third kappa shape index (κ3) is 7.84. The summed E-state index contributed by atoms with van der Waals surface area (Å²) in [5.41, 5.74) is 0. The van der Waals surface area contributed by atoms with E-state index in [-0.39, 0.29) is 0 Å². The molecule has 0 nitrogen and oxygen atoms in total. The van der Waals surface area contributed by atoms with E-state index in [2.05, 4.69) is 34.6 Å². The van der Waals surface area contributed by atoms with Crippen LogP contribution in [0.25, 0.3) is 0 Å². The third-order valence-electron chi connectivity index (χ3n) is 3.89. The molecule has 0 spiro atoms. The van der Waals surface area contributed by atoms with E-state index >= 15 is 0 Å². The van der Waals surface area contributed by atoms with E-state index in [1.807, 2.05) is 27.7 Å². The van der Waals surface area contributed by atoms with Crippen LogP contribution in [0.3, 0.4) is 0 Å². The van der Waals surface area contributed by atoms with Gasteiger partial charge in [0.05, 0.1) is 0 Å². The van der Waals surface area contributed by atoms with E-state index in [9.17, 15) is 0 Å². The van der Waals surface area contributed by atoms with Gasteiger partial charge < -0.3 is 0 Å². The second-order valence-electron chi connectivity index (χ2n) is 5.80. The fourth-order valence-corrected chi connectivity index (χ4v) is 2.82. The summed E-state index contributed by atoms with van der Waals surface area (Å²) in [4.78, 5) is 0. The molecule has 0 aromatic carbocycles. The number of hydrogen-bond acceptors (Lipinski definition) is 0. The first-order valence-electron chi connectivity index (χ1n) is 8.00. The highest BCUT2D eigenvalue weighted by molar-refractivity contribution is 4.82. The van der Waals surface area contributed by atoms with Crippen LogP contribution in [0.1, 0.15) is 81.6 Å². The molecule has 0 aromatic rings. The van der Waals surface area contributed by atoms with Gasteiger partial charge in [-0.1, -0.05) is 62.3 Å².